The number of hydrogen-bond acceptors (Lipinski definition) is 3. The molecule has 3 aromatic rings. The van der Waals surface area contributed by atoms with Crippen molar-refractivity contribution < 1.29 is 9.47 Å². The van der Waals surface area contributed by atoms with Gasteiger partial charge in [0, 0.05) is 10.6 Å². The number of rotatable bonds is 4. The lowest BCUT2D eigenvalue weighted by Gasteiger charge is -2.18. The lowest BCUT2D eigenvalue weighted by molar-refractivity contribution is 0.207. The van der Waals surface area contributed by atoms with Crippen LogP contribution in [-0.2, 0) is 12.8 Å². The van der Waals surface area contributed by atoms with Crippen LogP contribution >= 0.6 is 11.8 Å². The molecule has 0 unspecified atom stereocenters. The molecule has 0 amide bonds. The first-order chi connectivity index (χ1) is 14.1. The molecular formula is C26H26O2S. The van der Waals surface area contributed by atoms with E-state index in [-0.39, 0.29) is 6.10 Å². The van der Waals surface area contributed by atoms with E-state index in [0.29, 0.717) is 0 Å². The van der Waals surface area contributed by atoms with E-state index in [4.69, 9.17) is 9.47 Å². The summed E-state index contributed by atoms with van der Waals surface area (Å²) in [6.07, 6.45) is 3.40. The van der Waals surface area contributed by atoms with Crippen molar-refractivity contribution in [2.75, 3.05) is 12.9 Å². The molecule has 0 N–H and O–H groups in total. The van der Waals surface area contributed by atoms with Gasteiger partial charge in [0.15, 0.2) is 0 Å². The smallest absolute Gasteiger partial charge is 0.124 e. The van der Waals surface area contributed by atoms with Crippen LogP contribution in [0, 0.1) is 13.8 Å². The zero-order chi connectivity index (χ0) is 20.0. The molecule has 1 atom stereocenters. The van der Waals surface area contributed by atoms with Crippen LogP contribution in [0.3, 0.4) is 0 Å². The highest BCUT2D eigenvalue weighted by Gasteiger charge is 2.27. The maximum absolute atomic E-state index is 6.48. The van der Waals surface area contributed by atoms with Crippen LogP contribution in [0.5, 0.6) is 11.5 Å². The predicted molar refractivity (Wildman–Crippen MR) is 120 cm³/mol. The molecule has 1 aliphatic carbocycles. The molecule has 5 rings (SSSR count). The van der Waals surface area contributed by atoms with Gasteiger partial charge in [0.05, 0.1) is 7.11 Å². The third-order valence-corrected chi connectivity index (χ3v) is 7.27. The van der Waals surface area contributed by atoms with E-state index >= 15 is 0 Å². The maximum Gasteiger partial charge on any atom is 0.124 e. The van der Waals surface area contributed by atoms with Crippen molar-refractivity contribution in [3.8, 4) is 22.6 Å². The molecule has 3 heteroatoms. The lowest BCUT2D eigenvalue weighted by atomic mass is 9.90. The molecule has 0 aromatic heterocycles. The van der Waals surface area contributed by atoms with Crippen LogP contribution in [0.1, 0.15) is 40.3 Å². The molecule has 148 valence electrons. The van der Waals surface area contributed by atoms with Gasteiger partial charge in [0.25, 0.3) is 0 Å². The van der Waals surface area contributed by atoms with Gasteiger partial charge in [-0.2, -0.15) is 0 Å². The first-order valence-corrected chi connectivity index (χ1v) is 11.3. The standard InChI is InChI=1S/C26H26O2S/c1-16-13-20(27-3)14-17(2)26(16)23-6-4-5-22-21(23)9-10-24(22)28-19-8-7-18-11-12-29-25(18)15-19/h4-8,13-15,24H,9-12H2,1-3H3/t24-/m0/s1. The highest BCUT2D eigenvalue weighted by molar-refractivity contribution is 7.99. The second-order valence-electron chi connectivity index (χ2n) is 8.02. The minimum Gasteiger partial charge on any atom is -0.497 e. The van der Waals surface area contributed by atoms with Crippen LogP contribution in [0.15, 0.2) is 53.4 Å². The van der Waals surface area contributed by atoms with Crippen LogP contribution in [-0.4, -0.2) is 12.9 Å². The number of hydrogen-bond donors (Lipinski definition) is 0. The number of ether oxygens (including phenoxy) is 2. The summed E-state index contributed by atoms with van der Waals surface area (Å²) >= 11 is 1.94. The third kappa shape index (κ3) is 3.32. The Morgan fingerprint density at radius 3 is 2.55 bits per heavy atom. The van der Waals surface area contributed by atoms with Gasteiger partial charge in [-0.3, -0.25) is 0 Å². The summed E-state index contributed by atoms with van der Waals surface area (Å²) in [6, 6.07) is 17.6. The van der Waals surface area contributed by atoms with Gasteiger partial charge in [0.1, 0.15) is 17.6 Å². The first kappa shape index (κ1) is 18.6. The minimum absolute atomic E-state index is 0.133. The van der Waals surface area contributed by atoms with Crippen molar-refractivity contribution in [3.05, 3.63) is 76.3 Å². The number of methoxy groups -OCH3 is 1. The Balaban J connectivity index is 1.49. The Morgan fingerprint density at radius 1 is 0.931 bits per heavy atom. The maximum atomic E-state index is 6.48. The molecule has 0 spiro atoms. The van der Waals surface area contributed by atoms with Crippen molar-refractivity contribution in [3.63, 3.8) is 0 Å². The lowest BCUT2D eigenvalue weighted by Crippen LogP contribution is -2.04. The quantitative estimate of drug-likeness (QED) is 0.484. The molecule has 0 saturated carbocycles. The minimum atomic E-state index is 0.133. The molecule has 29 heavy (non-hydrogen) atoms. The van der Waals surface area contributed by atoms with Crippen molar-refractivity contribution in [1.82, 2.24) is 0 Å². The van der Waals surface area contributed by atoms with E-state index in [1.807, 2.05) is 11.8 Å². The molecule has 0 radical (unpaired) electrons. The summed E-state index contributed by atoms with van der Waals surface area (Å²) in [7, 11) is 1.73. The van der Waals surface area contributed by atoms with Gasteiger partial charge in [-0.25, -0.2) is 0 Å². The van der Waals surface area contributed by atoms with Gasteiger partial charge < -0.3 is 9.47 Å². The summed E-state index contributed by atoms with van der Waals surface area (Å²) < 4.78 is 11.9. The number of aryl methyl sites for hydroxylation is 3. The van der Waals surface area contributed by atoms with Gasteiger partial charge in [-0.15, -0.1) is 11.8 Å². The monoisotopic (exact) mass is 402 g/mol. The van der Waals surface area contributed by atoms with Crippen LogP contribution in [0.25, 0.3) is 11.1 Å². The Labute approximate surface area is 177 Å². The van der Waals surface area contributed by atoms with Crippen LogP contribution in [0.2, 0.25) is 0 Å². The fourth-order valence-corrected chi connectivity index (χ4v) is 5.92. The van der Waals surface area contributed by atoms with E-state index in [1.165, 1.54) is 56.0 Å². The van der Waals surface area contributed by atoms with E-state index < -0.39 is 0 Å². The number of thioether (sulfide) groups is 1. The second-order valence-corrected chi connectivity index (χ2v) is 9.16. The highest BCUT2D eigenvalue weighted by Crippen LogP contribution is 2.43. The normalized spacial score (nSPS) is 17.1. The van der Waals surface area contributed by atoms with Crippen molar-refractivity contribution in [2.24, 2.45) is 0 Å². The SMILES string of the molecule is COc1cc(C)c(-c2cccc3c2CC[C@@H]3Oc2ccc3c(c2)SCC3)c(C)c1. The van der Waals surface area contributed by atoms with Gasteiger partial charge in [-0.05, 0) is 96.3 Å². The van der Waals surface area contributed by atoms with Gasteiger partial charge in [-0.1, -0.05) is 24.3 Å². The summed E-state index contributed by atoms with van der Waals surface area (Å²) in [5, 5.41) is 0. The average molecular weight is 403 g/mol. The fourth-order valence-electron chi connectivity index (χ4n) is 4.82. The highest BCUT2D eigenvalue weighted by atomic mass is 32.2. The summed E-state index contributed by atoms with van der Waals surface area (Å²) in [6.45, 7) is 4.35. The fraction of sp³-hybridized carbons (Fsp3) is 0.308. The van der Waals surface area contributed by atoms with E-state index in [9.17, 15) is 0 Å². The van der Waals surface area contributed by atoms with E-state index in [0.717, 1.165) is 24.3 Å². The van der Waals surface area contributed by atoms with Crippen LogP contribution in [0.4, 0.5) is 0 Å². The Kier molecular flexibility index (Phi) is 4.79. The summed E-state index contributed by atoms with van der Waals surface area (Å²) in [4.78, 5) is 1.39. The van der Waals surface area contributed by atoms with Gasteiger partial charge >= 0.3 is 0 Å². The van der Waals surface area contributed by atoms with Gasteiger partial charge in [0.2, 0.25) is 0 Å². The molecule has 0 bridgehead atoms. The molecule has 0 fully saturated rings. The molecular weight excluding hydrogens is 376 g/mol. The molecule has 2 aliphatic rings. The predicted octanol–water partition coefficient (Wildman–Crippen LogP) is 6.69. The van der Waals surface area contributed by atoms with E-state index in [2.05, 4.69) is 62.4 Å². The molecule has 2 nitrogen and oxygen atoms in total. The summed E-state index contributed by atoms with van der Waals surface area (Å²) in [5.74, 6) is 3.11. The van der Waals surface area contributed by atoms with Crippen molar-refractivity contribution >= 4 is 11.8 Å². The third-order valence-electron chi connectivity index (χ3n) is 6.17. The Morgan fingerprint density at radius 2 is 1.76 bits per heavy atom. The topological polar surface area (TPSA) is 18.5 Å². The molecule has 1 aliphatic heterocycles. The Bertz CT molecular complexity index is 1060. The second kappa shape index (κ2) is 7.46. The molecule has 1 heterocycles. The van der Waals surface area contributed by atoms with Crippen LogP contribution < -0.4 is 9.47 Å². The number of fused-ring (bicyclic) bond motifs is 2. The largest absolute Gasteiger partial charge is 0.497 e. The first-order valence-electron chi connectivity index (χ1n) is 10.3. The molecule has 0 saturated heterocycles. The zero-order valence-electron chi connectivity index (χ0n) is 17.2. The van der Waals surface area contributed by atoms with Crippen molar-refractivity contribution in [1.29, 1.82) is 0 Å². The molecule has 3 aromatic carbocycles. The Hall–Kier alpha value is -2.39. The number of benzene rings is 3. The summed E-state index contributed by atoms with van der Waals surface area (Å²) in [5.41, 5.74) is 9.43. The zero-order valence-corrected chi connectivity index (χ0v) is 18.1. The average Bonchev–Trinajstić information content (AvgIpc) is 3.34. The van der Waals surface area contributed by atoms with E-state index in [1.54, 1.807) is 7.11 Å². The van der Waals surface area contributed by atoms with Crippen molar-refractivity contribution in [2.45, 2.75) is 44.1 Å².